The van der Waals surface area contributed by atoms with Crippen LogP contribution in [0.1, 0.15) is 10.4 Å². The number of aromatic amines is 1. The first-order chi connectivity index (χ1) is 10.8. The average molecular weight is 299 g/mol. The van der Waals surface area contributed by atoms with Crippen LogP contribution in [0, 0.1) is 0 Å². The van der Waals surface area contributed by atoms with Gasteiger partial charge in [-0.1, -0.05) is 5.10 Å². The highest BCUT2D eigenvalue weighted by molar-refractivity contribution is 6.03. The predicted octanol–water partition coefficient (Wildman–Crippen LogP) is 0.727. The zero-order chi connectivity index (χ0) is 15.2. The molecule has 2 heterocycles. The first kappa shape index (κ1) is 13.7. The van der Waals surface area contributed by atoms with Crippen LogP contribution >= 0.6 is 0 Å². The summed E-state index contributed by atoms with van der Waals surface area (Å²) in [6, 6.07) is 6.82. The van der Waals surface area contributed by atoms with Crippen molar-refractivity contribution in [3.63, 3.8) is 0 Å². The van der Waals surface area contributed by atoms with E-state index < -0.39 is 0 Å². The van der Waals surface area contributed by atoms with Crippen LogP contribution in [-0.2, 0) is 6.54 Å². The van der Waals surface area contributed by atoms with Crippen molar-refractivity contribution in [1.82, 2.24) is 30.2 Å². The maximum atomic E-state index is 11.9. The molecule has 0 aliphatic rings. The van der Waals surface area contributed by atoms with Crippen molar-refractivity contribution in [3.8, 4) is 5.75 Å². The summed E-state index contributed by atoms with van der Waals surface area (Å²) in [4.78, 5) is 15.9. The van der Waals surface area contributed by atoms with Crippen molar-refractivity contribution in [2.45, 2.75) is 6.54 Å². The minimum absolute atomic E-state index is 0.200. The molecule has 0 radical (unpaired) electrons. The lowest BCUT2D eigenvalue weighted by molar-refractivity contribution is 0.102. The number of imidazole rings is 1. The van der Waals surface area contributed by atoms with Gasteiger partial charge in [-0.05, 0) is 34.7 Å². The number of benzene rings is 1. The lowest BCUT2D eigenvalue weighted by Gasteiger charge is -2.07. The number of carbonyl (C=O) groups is 1. The van der Waals surface area contributed by atoms with E-state index >= 15 is 0 Å². The van der Waals surface area contributed by atoms with Gasteiger partial charge < -0.3 is 9.30 Å². The zero-order valence-electron chi connectivity index (χ0n) is 11.5. The van der Waals surface area contributed by atoms with E-state index in [9.17, 15) is 4.79 Å². The molecular weight excluding hydrogens is 286 g/mol. The lowest BCUT2D eigenvalue weighted by Crippen LogP contribution is -2.13. The second-order valence-corrected chi connectivity index (χ2v) is 4.38. The third-order valence-electron chi connectivity index (χ3n) is 2.87. The van der Waals surface area contributed by atoms with Gasteiger partial charge in [0.15, 0.2) is 0 Å². The topological polar surface area (TPSA) is 111 Å². The molecule has 2 aromatic heterocycles. The number of carbonyl (C=O) groups excluding carboxylic acids is 1. The number of rotatable bonds is 6. The van der Waals surface area contributed by atoms with Crippen molar-refractivity contribution >= 4 is 11.9 Å². The number of tetrazole rings is 1. The van der Waals surface area contributed by atoms with Crippen LogP contribution in [0.3, 0.4) is 0 Å². The number of anilines is 1. The normalized spacial score (nSPS) is 10.4. The Morgan fingerprint density at radius 2 is 2.18 bits per heavy atom. The molecule has 9 nitrogen and oxygen atoms in total. The molecule has 0 unspecified atom stereocenters. The van der Waals surface area contributed by atoms with Crippen molar-refractivity contribution in [3.05, 3.63) is 48.5 Å². The Labute approximate surface area is 125 Å². The van der Waals surface area contributed by atoms with Crippen LogP contribution in [0.25, 0.3) is 0 Å². The van der Waals surface area contributed by atoms with Crippen LogP contribution in [0.15, 0.2) is 43.0 Å². The van der Waals surface area contributed by atoms with Crippen LogP contribution < -0.4 is 10.1 Å². The fraction of sp³-hybridized carbons (Fsp3) is 0.154. The molecule has 112 valence electrons. The molecule has 22 heavy (non-hydrogen) atoms. The summed E-state index contributed by atoms with van der Waals surface area (Å²) in [7, 11) is 0. The van der Waals surface area contributed by atoms with E-state index in [1.165, 1.54) is 0 Å². The lowest BCUT2D eigenvalue weighted by atomic mass is 10.2. The summed E-state index contributed by atoms with van der Waals surface area (Å²) in [5.74, 6) is 0.590. The highest BCUT2D eigenvalue weighted by Crippen LogP contribution is 2.13. The minimum atomic E-state index is -0.302. The Kier molecular flexibility index (Phi) is 4.05. The molecule has 0 aliphatic heterocycles. The molecule has 0 saturated heterocycles. The molecule has 2 N–H and O–H groups in total. The smallest absolute Gasteiger partial charge is 0.258 e. The minimum Gasteiger partial charge on any atom is -0.492 e. The maximum absolute atomic E-state index is 11.9. The summed E-state index contributed by atoms with van der Waals surface area (Å²) in [6.07, 6.45) is 5.32. The Balaban J connectivity index is 1.52. The average Bonchev–Trinajstić information content (AvgIpc) is 3.21. The van der Waals surface area contributed by atoms with Gasteiger partial charge in [0.25, 0.3) is 5.91 Å². The fourth-order valence-corrected chi connectivity index (χ4v) is 1.78. The molecule has 0 bridgehead atoms. The van der Waals surface area contributed by atoms with Gasteiger partial charge in [-0.15, -0.1) is 0 Å². The van der Waals surface area contributed by atoms with Gasteiger partial charge in [-0.3, -0.25) is 10.1 Å². The molecule has 0 saturated carbocycles. The van der Waals surface area contributed by atoms with Crippen molar-refractivity contribution in [1.29, 1.82) is 0 Å². The quantitative estimate of drug-likeness (QED) is 0.694. The third-order valence-corrected chi connectivity index (χ3v) is 2.87. The van der Waals surface area contributed by atoms with E-state index in [-0.39, 0.29) is 11.9 Å². The summed E-state index contributed by atoms with van der Waals surface area (Å²) >= 11 is 0. The highest BCUT2D eigenvalue weighted by Gasteiger charge is 2.08. The second kappa shape index (κ2) is 6.48. The molecule has 9 heteroatoms. The van der Waals surface area contributed by atoms with E-state index in [1.807, 2.05) is 10.8 Å². The van der Waals surface area contributed by atoms with E-state index in [1.54, 1.807) is 36.8 Å². The van der Waals surface area contributed by atoms with Crippen molar-refractivity contribution in [2.75, 3.05) is 11.9 Å². The van der Waals surface area contributed by atoms with E-state index in [2.05, 4.69) is 30.9 Å². The monoisotopic (exact) mass is 299 g/mol. The SMILES string of the molecule is O=C(Nc1nnn[nH]1)c1ccc(OCCn2ccnc2)cc1. The summed E-state index contributed by atoms with van der Waals surface area (Å²) in [5, 5.41) is 15.3. The number of H-pyrrole nitrogens is 1. The Morgan fingerprint density at radius 1 is 1.32 bits per heavy atom. The van der Waals surface area contributed by atoms with Crippen molar-refractivity contribution in [2.24, 2.45) is 0 Å². The molecule has 3 aromatic rings. The van der Waals surface area contributed by atoms with Gasteiger partial charge >= 0.3 is 0 Å². The number of nitrogens with one attached hydrogen (secondary N) is 2. The maximum Gasteiger partial charge on any atom is 0.258 e. The van der Waals surface area contributed by atoms with E-state index in [0.717, 1.165) is 0 Å². The number of hydrogen-bond donors (Lipinski definition) is 2. The molecule has 1 amide bonds. The van der Waals surface area contributed by atoms with Gasteiger partial charge in [0, 0.05) is 18.0 Å². The Morgan fingerprint density at radius 3 is 2.86 bits per heavy atom. The Hall–Kier alpha value is -3.23. The molecule has 0 spiro atoms. The van der Waals surface area contributed by atoms with Crippen LogP contribution in [-0.4, -0.2) is 42.7 Å². The third kappa shape index (κ3) is 3.45. The van der Waals surface area contributed by atoms with Crippen LogP contribution in [0.2, 0.25) is 0 Å². The predicted molar refractivity (Wildman–Crippen MR) is 76.3 cm³/mol. The largest absolute Gasteiger partial charge is 0.492 e. The second-order valence-electron chi connectivity index (χ2n) is 4.38. The van der Waals surface area contributed by atoms with Crippen molar-refractivity contribution < 1.29 is 9.53 Å². The number of ether oxygens (including phenoxy) is 1. The standard InChI is InChI=1S/C13H13N7O2/c21-12(15-13-16-18-19-17-13)10-1-3-11(4-2-10)22-8-7-20-6-5-14-9-20/h1-6,9H,7-8H2,(H2,15,16,17,18,19,21). The first-order valence-electron chi connectivity index (χ1n) is 6.55. The van der Waals surface area contributed by atoms with Gasteiger partial charge in [-0.2, -0.15) is 0 Å². The van der Waals surface area contributed by atoms with Crippen LogP contribution in [0.4, 0.5) is 5.95 Å². The summed E-state index contributed by atoms with van der Waals surface area (Å²) in [6.45, 7) is 1.23. The van der Waals surface area contributed by atoms with E-state index in [0.29, 0.717) is 24.5 Å². The fourth-order valence-electron chi connectivity index (χ4n) is 1.78. The molecule has 0 atom stereocenters. The van der Waals surface area contributed by atoms with Gasteiger partial charge in [0.05, 0.1) is 12.9 Å². The molecule has 0 fully saturated rings. The Bertz CT molecular complexity index is 707. The molecular formula is C13H13N7O2. The number of aromatic nitrogens is 6. The molecule has 1 aromatic carbocycles. The van der Waals surface area contributed by atoms with Gasteiger partial charge in [-0.25, -0.2) is 10.1 Å². The first-order valence-corrected chi connectivity index (χ1v) is 6.55. The molecule has 3 rings (SSSR count). The number of hydrogen-bond acceptors (Lipinski definition) is 6. The summed E-state index contributed by atoms with van der Waals surface area (Å²) in [5.41, 5.74) is 0.485. The number of nitrogens with zero attached hydrogens (tertiary/aromatic N) is 5. The van der Waals surface area contributed by atoms with Crippen LogP contribution in [0.5, 0.6) is 5.75 Å². The zero-order valence-corrected chi connectivity index (χ0v) is 11.5. The van der Waals surface area contributed by atoms with Gasteiger partial charge in [0.1, 0.15) is 12.4 Å². The highest BCUT2D eigenvalue weighted by atomic mass is 16.5. The number of amides is 1. The molecule has 0 aliphatic carbocycles. The van der Waals surface area contributed by atoms with E-state index in [4.69, 9.17) is 4.74 Å². The van der Waals surface area contributed by atoms with Gasteiger partial charge in [0.2, 0.25) is 5.95 Å². The summed E-state index contributed by atoms with van der Waals surface area (Å²) < 4.78 is 7.52.